The molecular formula is C18H31N. The molecular weight excluding hydrogens is 230 g/mol. The van der Waals surface area contributed by atoms with Crippen molar-refractivity contribution >= 4 is 0 Å². The Morgan fingerprint density at radius 3 is 2.21 bits per heavy atom. The van der Waals surface area contributed by atoms with E-state index < -0.39 is 0 Å². The van der Waals surface area contributed by atoms with Crippen molar-refractivity contribution in [2.75, 3.05) is 0 Å². The van der Waals surface area contributed by atoms with Crippen LogP contribution in [0.2, 0.25) is 0 Å². The van der Waals surface area contributed by atoms with E-state index in [2.05, 4.69) is 56.4 Å². The van der Waals surface area contributed by atoms with Gasteiger partial charge in [0, 0.05) is 12.1 Å². The van der Waals surface area contributed by atoms with Gasteiger partial charge in [0.2, 0.25) is 0 Å². The van der Waals surface area contributed by atoms with Crippen LogP contribution in [0.5, 0.6) is 0 Å². The van der Waals surface area contributed by atoms with Gasteiger partial charge in [-0.15, -0.1) is 0 Å². The zero-order valence-corrected chi connectivity index (χ0v) is 13.0. The third kappa shape index (κ3) is 6.77. The summed E-state index contributed by atoms with van der Waals surface area (Å²) in [5, 5.41) is 3.83. The summed E-state index contributed by atoms with van der Waals surface area (Å²) in [7, 11) is 0. The summed E-state index contributed by atoms with van der Waals surface area (Å²) in [6.45, 7) is 6.86. The highest BCUT2D eigenvalue weighted by Crippen LogP contribution is 2.21. The molecule has 0 aliphatic rings. The average Bonchev–Trinajstić information content (AvgIpc) is 2.45. The summed E-state index contributed by atoms with van der Waals surface area (Å²) in [6.07, 6.45) is 9.12. The second-order valence-corrected chi connectivity index (χ2v) is 5.67. The third-order valence-electron chi connectivity index (χ3n) is 3.77. The minimum Gasteiger partial charge on any atom is -0.307 e. The van der Waals surface area contributed by atoms with Gasteiger partial charge >= 0.3 is 0 Å². The lowest BCUT2D eigenvalue weighted by Crippen LogP contribution is -2.30. The molecule has 1 aromatic rings. The summed E-state index contributed by atoms with van der Waals surface area (Å²) >= 11 is 0. The van der Waals surface area contributed by atoms with Crippen molar-refractivity contribution in [1.82, 2.24) is 5.32 Å². The molecule has 0 aliphatic heterocycles. The highest BCUT2D eigenvalue weighted by Gasteiger charge is 2.13. The summed E-state index contributed by atoms with van der Waals surface area (Å²) in [4.78, 5) is 0. The molecule has 1 N–H and O–H groups in total. The lowest BCUT2D eigenvalue weighted by atomic mass is 9.99. The van der Waals surface area contributed by atoms with E-state index in [1.54, 1.807) is 0 Å². The van der Waals surface area contributed by atoms with Gasteiger partial charge in [0.25, 0.3) is 0 Å². The second kappa shape index (κ2) is 10.0. The van der Waals surface area contributed by atoms with Crippen LogP contribution in [0.25, 0.3) is 0 Å². The fourth-order valence-corrected chi connectivity index (χ4v) is 2.57. The van der Waals surface area contributed by atoms with Crippen LogP contribution in [-0.2, 0) is 0 Å². The normalized spacial score (nSPS) is 14.3. The fourth-order valence-electron chi connectivity index (χ4n) is 2.57. The summed E-state index contributed by atoms with van der Waals surface area (Å²) in [5.74, 6) is 0. The van der Waals surface area contributed by atoms with Gasteiger partial charge in [-0.05, 0) is 25.3 Å². The first-order valence-electron chi connectivity index (χ1n) is 8.08. The Morgan fingerprint density at radius 2 is 1.58 bits per heavy atom. The molecule has 0 radical (unpaired) electrons. The quantitative estimate of drug-likeness (QED) is 0.550. The van der Waals surface area contributed by atoms with Gasteiger partial charge in [0.1, 0.15) is 0 Å². The maximum Gasteiger partial charge on any atom is 0.0322 e. The number of nitrogens with one attached hydrogen (secondary N) is 1. The smallest absolute Gasteiger partial charge is 0.0322 e. The fraction of sp³-hybridized carbons (Fsp3) is 0.667. The van der Waals surface area contributed by atoms with Crippen molar-refractivity contribution in [3.05, 3.63) is 35.9 Å². The zero-order chi connectivity index (χ0) is 13.9. The van der Waals surface area contributed by atoms with Gasteiger partial charge in [-0.3, -0.25) is 0 Å². The second-order valence-electron chi connectivity index (χ2n) is 5.67. The SMILES string of the molecule is CCCCCC(NC(C)CCCC)c1ccccc1. The van der Waals surface area contributed by atoms with E-state index in [1.807, 2.05) is 0 Å². The molecule has 108 valence electrons. The lowest BCUT2D eigenvalue weighted by molar-refractivity contribution is 0.399. The molecule has 0 fully saturated rings. The molecule has 0 saturated heterocycles. The first-order valence-corrected chi connectivity index (χ1v) is 8.08. The molecule has 0 spiro atoms. The van der Waals surface area contributed by atoms with Gasteiger partial charge in [-0.1, -0.05) is 76.3 Å². The molecule has 0 aliphatic carbocycles. The van der Waals surface area contributed by atoms with Gasteiger partial charge in [0.05, 0.1) is 0 Å². The van der Waals surface area contributed by atoms with Crippen molar-refractivity contribution in [1.29, 1.82) is 0 Å². The van der Waals surface area contributed by atoms with Crippen LogP contribution < -0.4 is 5.32 Å². The molecule has 2 atom stereocenters. The predicted octanol–water partition coefficient (Wildman–Crippen LogP) is 5.48. The van der Waals surface area contributed by atoms with Gasteiger partial charge < -0.3 is 5.32 Å². The molecule has 0 saturated carbocycles. The molecule has 19 heavy (non-hydrogen) atoms. The van der Waals surface area contributed by atoms with Crippen LogP contribution in [-0.4, -0.2) is 6.04 Å². The van der Waals surface area contributed by atoms with Crippen LogP contribution in [0.4, 0.5) is 0 Å². The largest absolute Gasteiger partial charge is 0.307 e. The van der Waals surface area contributed by atoms with Crippen LogP contribution >= 0.6 is 0 Å². The summed E-state index contributed by atoms with van der Waals surface area (Å²) < 4.78 is 0. The van der Waals surface area contributed by atoms with E-state index in [1.165, 1.54) is 50.5 Å². The Hall–Kier alpha value is -0.820. The standard InChI is InChI=1S/C18H31N/c1-4-6-9-15-18(17-13-10-8-11-14-17)19-16(3)12-7-5-2/h8,10-11,13-14,16,18-19H,4-7,9,12,15H2,1-3H3. The van der Waals surface area contributed by atoms with Crippen LogP contribution in [0.15, 0.2) is 30.3 Å². The lowest BCUT2D eigenvalue weighted by Gasteiger charge is -2.24. The Balaban J connectivity index is 2.54. The van der Waals surface area contributed by atoms with E-state index in [0.29, 0.717) is 12.1 Å². The molecule has 0 heterocycles. The van der Waals surface area contributed by atoms with E-state index in [4.69, 9.17) is 0 Å². The maximum atomic E-state index is 3.83. The average molecular weight is 261 g/mol. The van der Waals surface area contributed by atoms with Crippen LogP contribution in [0.3, 0.4) is 0 Å². The highest BCUT2D eigenvalue weighted by atomic mass is 14.9. The Kier molecular flexibility index (Phi) is 8.57. The van der Waals surface area contributed by atoms with Crippen LogP contribution in [0.1, 0.15) is 77.3 Å². The molecule has 0 amide bonds. The minimum absolute atomic E-state index is 0.527. The third-order valence-corrected chi connectivity index (χ3v) is 3.77. The van der Waals surface area contributed by atoms with E-state index in [9.17, 15) is 0 Å². The van der Waals surface area contributed by atoms with E-state index >= 15 is 0 Å². The van der Waals surface area contributed by atoms with Gasteiger partial charge in [-0.25, -0.2) is 0 Å². The molecule has 1 aromatic carbocycles. The maximum absolute atomic E-state index is 3.83. The molecule has 1 nitrogen and oxygen atoms in total. The molecule has 0 aromatic heterocycles. The Labute approximate surface area is 119 Å². The van der Waals surface area contributed by atoms with E-state index in [0.717, 1.165) is 0 Å². The molecule has 2 unspecified atom stereocenters. The Morgan fingerprint density at radius 1 is 0.895 bits per heavy atom. The first kappa shape index (κ1) is 16.2. The monoisotopic (exact) mass is 261 g/mol. The number of hydrogen-bond donors (Lipinski definition) is 1. The van der Waals surface area contributed by atoms with Crippen molar-refractivity contribution in [3.8, 4) is 0 Å². The van der Waals surface area contributed by atoms with E-state index in [-0.39, 0.29) is 0 Å². The topological polar surface area (TPSA) is 12.0 Å². The van der Waals surface area contributed by atoms with Gasteiger partial charge in [-0.2, -0.15) is 0 Å². The predicted molar refractivity (Wildman–Crippen MR) is 85.4 cm³/mol. The first-order chi connectivity index (χ1) is 9.27. The zero-order valence-electron chi connectivity index (χ0n) is 13.0. The van der Waals surface area contributed by atoms with Crippen molar-refractivity contribution in [2.45, 2.75) is 77.8 Å². The number of rotatable bonds is 10. The number of benzene rings is 1. The van der Waals surface area contributed by atoms with Crippen molar-refractivity contribution in [2.24, 2.45) is 0 Å². The summed E-state index contributed by atoms with van der Waals surface area (Å²) in [6, 6.07) is 12.1. The minimum atomic E-state index is 0.527. The molecule has 1 heteroatoms. The number of unbranched alkanes of at least 4 members (excludes halogenated alkanes) is 3. The van der Waals surface area contributed by atoms with Gasteiger partial charge in [0.15, 0.2) is 0 Å². The molecule has 0 bridgehead atoms. The number of hydrogen-bond acceptors (Lipinski definition) is 1. The Bertz CT molecular complexity index is 307. The summed E-state index contributed by atoms with van der Waals surface area (Å²) in [5.41, 5.74) is 1.45. The van der Waals surface area contributed by atoms with Crippen molar-refractivity contribution < 1.29 is 0 Å². The highest BCUT2D eigenvalue weighted by molar-refractivity contribution is 5.18. The molecule has 1 rings (SSSR count). The van der Waals surface area contributed by atoms with Crippen molar-refractivity contribution in [3.63, 3.8) is 0 Å². The van der Waals surface area contributed by atoms with Crippen LogP contribution in [0, 0.1) is 0 Å².